The van der Waals surface area contributed by atoms with Crippen molar-refractivity contribution < 1.29 is 27.4 Å². The minimum Gasteiger partial charge on any atom is -0.458 e. The number of pyridine rings is 1. The summed E-state index contributed by atoms with van der Waals surface area (Å²) in [7, 11) is 1.54. The fraction of sp³-hybridized carbons (Fsp3) is 0.130. The Morgan fingerprint density at radius 2 is 1.84 bits per heavy atom. The summed E-state index contributed by atoms with van der Waals surface area (Å²) in [6.07, 6.45) is -4.25. The minimum atomic E-state index is -4.25. The molecule has 5 N–H and O–H groups in total. The molecule has 0 saturated heterocycles. The number of nitrogens with one attached hydrogen (secondary N) is 1. The summed E-state index contributed by atoms with van der Waals surface area (Å²) in [6, 6.07) is 15.4. The van der Waals surface area contributed by atoms with Crippen LogP contribution >= 0.6 is 0 Å². The molecule has 0 aliphatic carbocycles. The van der Waals surface area contributed by atoms with Crippen LogP contribution in [0.4, 0.5) is 19.0 Å². The number of hydrazone groups is 1. The molecule has 0 aliphatic rings. The summed E-state index contributed by atoms with van der Waals surface area (Å²) in [5, 5.41) is 6.87. The van der Waals surface area contributed by atoms with Crippen LogP contribution in [0.5, 0.6) is 11.8 Å². The summed E-state index contributed by atoms with van der Waals surface area (Å²) < 4.78 is 53.2. The second-order valence-corrected chi connectivity index (χ2v) is 7.59. The predicted octanol–water partition coefficient (Wildman–Crippen LogP) is 2.64. The maximum atomic E-state index is 14.3. The Morgan fingerprint density at radius 1 is 1.11 bits per heavy atom. The van der Waals surface area contributed by atoms with Gasteiger partial charge in [-0.3, -0.25) is 9.80 Å². The normalized spacial score (nSPS) is 11.9. The molecule has 192 valence electrons. The number of alkyl halides is 2. The number of anilines is 1. The standard InChI is InChI=1S/C23H21F3N8O3/c1-33(28)21(32-27)34-18-7-3-2-6-17(18)30-22(34)36-13-15-5-4-8-19(29-15)31-20(35)23(25,26)37-16-11-9-14(24)10-12-16/h2-12H,13,27-28H2,1H3,(H,29,31,35)/b32-21+. The van der Waals surface area contributed by atoms with Gasteiger partial charge in [-0.2, -0.15) is 13.8 Å². The number of para-hydroxylation sites is 2. The van der Waals surface area contributed by atoms with Crippen LogP contribution in [0, 0.1) is 5.82 Å². The molecule has 37 heavy (non-hydrogen) atoms. The van der Waals surface area contributed by atoms with Crippen molar-refractivity contribution in [3.63, 3.8) is 0 Å². The SMILES string of the molecule is CN(N)/C(=N\N)n1c(OCc2cccc(NC(=O)C(F)(F)Oc3ccc(F)cc3)n2)nc2ccccc21. The van der Waals surface area contributed by atoms with Crippen molar-refractivity contribution in [1.82, 2.24) is 19.5 Å². The molecule has 2 aromatic carbocycles. The molecule has 0 radical (unpaired) electrons. The second-order valence-electron chi connectivity index (χ2n) is 7.59. The topological polar surface area (TPSA) is 146 Å². The maximum absolute atomic E-state index is 14.3. The molecule has 0 aliphatic heterocycles. The van der Waals surface area contributed by atoms with Gasteiger partial charge in [0.2, 0.25) is 5.96 Å². The highest BCUT2D eigenvalue weighted by Crippen LogP contribution is 2.24. The quantitative estimate of drug-likeness (QED) is 0.148. The number of fused-ring (bicyclic) bond motifs is 1. The van der Waals surface area contributed by atoms with Crippen LogP contribution < -0.4 is 26.5 Å². The molecule has 4 rings (SSSR count). The molecule has 0 bridgehead atoms. The molecule has 0 spiro atoms. The van der Waals surface area contributed by atoms with Gasteiger partial charge in [-0.1, -0.05) is 18.2 Å². The van der Waals surface area contributed by atoms with E-state index in [1.54, 1.807) is 30.3 Å². The number of ether oxygens (including phenoxy) is 2. The number of hydrazine groups is 1. The van der Waals surface area contributed by atoms with E-state index in [-0.39, 0.29) is 35.8 Å². The van der Waals surface area contributed by atoms with Crippen LogP contribution in [0.25, 0.3) is 11.0 Å². The van der Waals surface area contributed by atoms with Crippen molar-refractivity contribution in [2.45, 2.75) is 12.7 Å². The lowest BCUT2D eigenvalue weighted by molar-refractivity contribution is -0.187. The van der Waals surface area contributed by atoms with E-state index in [0.717, 1.165) is 24.3 Å². The smallest absolute Gasteiger partial charge is 0.458 e. The van der Waals surface area contributed by atoms with E-state index in [2.05, 4.69) is 19.8 Å². The highest BCUT2D eigenvalue weighted by Gasteiger charge is 2.42. The first-order valence-electron chi connectivity index (χ1n) is 10.6. The summed E-state index contributed by atoms with van der Waals surface area (Å²) in [4.78, 5) is 20.7. The molecule has 11 nitrogen and oxygen atoms in total. The van der Waals surface area contributed by atoms with Gasteiger partial charge in [0.15, 0.2) is 0 Å². The van der Waals surface area contributed by atoms with Crippen LogP contribution in [0.1, 0.15) is 5.69 Å². The Morgan fingerprint density at radius 3 is 2.54 bits per heavy atom. The number of halogens is 3. The van der Waals surface area contributed by atoms with E-state index in [1.165, 1.54) is 28.8 Å². The second kappa shape index (κ2) is 10.4. The molecule has 2 heterocycles. The predicted molar refractivity (Wildman–Crippen MR) is 128 cm³/mol. The number of nitrogens with zero attached hydrogens (tertiary/aromatic N) is 5. The van der Waals surface area contributed by atoms with E-state index in [9.17, 15) is 18.0 Å². The zero-order valence-electron chi connectivity index (χ0n) is 19.3. The number of nitrogens with two attached hydrogens (primary N) is 2. The zero-order chi connectivity index (χ0) is 26.6. The highest BCUT2D eigenvalue weighted by atomic mass is 19.3. The Bertz CT molecular complexity index is 1440. The van der Waals surface area contributed by atoms with Crippen molar-refractivity contribution in [2.75, 3.05) is 12.4 Å². The van der Waals surface area contributed by atoms with E-state index >= 15 is 0 Å². The lowest BCUT2D eigenvalue weighted by atomic mass is 10.3. The summed E-state index contributed by atoms with van der Waals surface area (Å²) >= 11 is 0. The molecular formula is C23H21F3N8O3. The first kappa shape index (κ1) is 25.2. The van der Waals surface area contributed by atoms with Crippen molar-refractivity contribution in [3.05, 3.63) is 78.2 Å². The molecule has 14 heteroatoms. The maximum Gasteiger partial charge on any atom is 0.482 e. The van der Waals surface area contributed by atoms with Gasteiger partial charge < -0.3 is 20.6 Å². The molecule has 2 aromatic heterocycles. The molecule has 4 aromatic rings. The van der Waals surface area contributed by atoms with Crippen LogP contribution in [0.3, 0.4) is 0 Å². The van der Waals surface area contributed by atoms with Gasteiger partial charge in [0.25, 0.3) is 0 Å². The number of aromatic nitrogens is 3. The number of carbonyl (C=O) groups is 1. The number of rotatable bonds is 7. The van der Waals surface area contributed by atoms with E-state index in [4.69, 9.17) is 16.4 Å². The first-order valence-corrected chi connectivity index (χ1v) is 10.6. The Kier molecular flexibility index (Phi) is 7.11. The lowest BCUT2D eigenvalue weighted by Gasteiger charge is -2.18. The van der Waals surface area contributed by atoms with Gasteiger partial charge in [-0.05, 0) is 48.5 Å². The van der Waals surface area contributed by atoms with Gasteiger partial charge in [-0.15, -0.1) is 5.10 Å². The van der Waals surface area contributed by atoms with Gasteiger partial charge in [0.1, 0.15) is 24.0 Å². The summed E-state index contributed by atoms with van der Waals surface area (Å²) in [6.45, 7) is -0.151. The van der Waals surface area contributed by atoms with Crippen molar-refractivity contribution in [3.8, 4) is 11.8 Å². The van der Waals surface area contributed by atoms with E-state index in [1.807, 2.05) is 5.32 Å². The summed E-state index contributed by atoms with van der Waals surface area (Å²) in [5.74, 6) is 8.53. The van der Waals surface area contributed by atoms with E-state index in [0.29, 0.717) is 11.0 Å². The number of benzene rings is 2. The molecule has 0 unspecified atom stereocenters. The molecule has 0 saturated carbocycles. The molecule has 0 atom stereocenters. The van der Waals surface area contributed by atoms with Crippen LogP contribution in [-0.2, 0) is 11.4 Å². The number of amides is 1. The van der Waals surface area contributed by atoms with Crippen LogP contribution in [0.15, 0.2) is 71.8 Å². The average Bonchev–Trinajstić information content (AvgIpc) is 3.23. The number of imidazole rings is 1. The van der Waals surface area contributed by atoms with Gasteiger partial charge >= 0.3 is 18.0 Å². The zero-order valence-corrected chi connectivity index (χ0v) is 19.3. The Labute approximate surface area is 208 Å². The number of carbonyl (C=O) groups excluding carboxylic acids is 1. The summed E-state index contributed by atoms with van der Waals surface area (Å²) in [5.41, 5.74) is 1.49. The largest absolute Gasteiger partial charge is 0.482 e. The Balaban J connectivity index is 1.49. The molecular weight excluding hydrogens is 493 g/mol. The lowest BCUT2D eigenvalue weighted by Crippen LogP contribution is -2.40. The van der Waals surface area contributed by atoms with Crippen molar-refractivity contribution in [2.24, 2.45) is 16.8 Å². The molecule has 1 amide bonds. The fourth-order valence-electron chi connectivity index (χ4n) is 3.25. The first-order chi connectivity index (χ1) is 17.7. The van der Waals surface area contributed by atoms with Gasteiger partial charge in [-0.25, -0.2) is 19.8 Å². The minimum absolute atomic E-state index is 0.0955. The van der Waals surface area contributed by atoms with Crippen molar-refractivity contribution in [1.29, 1.82) is 0 Å². The number of hydrogen-bond donors (Lipinski definition) is 3. The van der Waals surface area contributed by atoms with Crippen LogP contribution in [0.2, 0.25) is 0 Å². The van der Waals surface area contributed by atoms with E-state index < -0.39 is 17.8 Å². The third-order valence-corrected chi connectivity index (χ3v) is 4.88. The number of hydrogen-bond acceptors (Lipinski definition) is 8. The van der Waals surface area contributed by atoms with Crippen molar-refractivity contribution >= 4 is 28.7 Å². The van der Waals surface area contributed by atoms with Gasteiger partial charge in [0, 0.05) is 7.05 Å². The monoisotopic (exact) mass is 514 g/mol. The van der Waals surface area contributed by atoms with Gasteiger partial charge in [0.05, 0.1) is 16.7 Å². The van der Waals surface area contributed by atoms with Crippen LogP contribution in [-0.4, -0.2) is 44.6 Å². The third kappa shape index (κ3) is 5.70. The average molecular weight is 514 g/mol. The fourth-order valence-corrected chi connectivity index (χ4v) is 3.25. The third-order valence-electron chi connectivity index (χ3n) is 4.88. The molecule has 0 fully saturated rings. The Hall–Kier alpha value is -4.85. The highest BCUT2D eigenvalue weighted by molar-refractivity contribution is 5.94.